The van der Waals surface area contributed by atoms with Crippen molar-refractivity contribution in [2.45, 2.75) is 12.5 Å². The molecular formula is C7H11N3O2. The zero-order valence-electron chi connectivity index (χ0n) is 6.77. The summed E-state index contributed by atoms with van der Waals surface area (Å²) in [5, 5.41) is 8.88. The van der Waals surface area contributed by atoms with Gasteiger partial charge in [-0.25, -0.2) is 9.78 Å². The predicted molar refractivity (Wildman–Crippen MR) is 42.6 cm³/mol. The Morgan fingerprint density at radius 3 is 2.83 bits per heavy atom. The third kappa shape index (κ3) is 1.18. The average molecular weight is 169 g/mol. The van der Waals surface area contributed by atoms with Crippen molar-refractivity contribution < 1.29 is 9.90 Å². The second kappa shape index (κ2) is 2.94. The fraction of sp³-hybridized carbons (Fsp3) is 0.429. The van der Waals surface area contributed by atoms with E-state index in [1.165, 1.54) is 17.1 Å². The molecule has 0 saturated carbocycles. The summed E-state index contributed by atoms with van der Waals surface area (Å²) in [6.45, 7) is 1.59. The molecular weight excluding hydrogens is 158 g/mol. The quantitative estimate of drug-likeness (QED) is 0.647. The minimum absolute atomic E-state index is 0.0404. The van der Waals surface area contributed by atoms with Crippen molar-refractivity contribution >= 4 is 5.97 Å². The molecule has 1 aromatic rings. The third-order valence-electron chi connectivity index (χ3n) is 1.93. The Labute approximate surface area is 69.8 Å². The topological polar surface area (TPSA) is 81.1 Å². The van der Waals surface area contributed by atoms with Gasteiger partial charge in [-0.15, -0.1) is 0 Å². The average Bonchev–Trinajstić information content (AvgIpc) is 2.54. The van der Waals surface area contributed by atoms with Gasteiger partial charge in [0.1, 0.15) is 0 Å². The molecule has 66 valence electrons. The van der Waals surface area contributed by atoms with Crippen LogP contribution >= 0.6 is 0 Å². The van der Waals surface area contributed by atoms with Gasteiger partial charge >= 0.3 is 5.97 Å². The van der Waals surface area contributed by atoms with Crippen LogP contribution in [0.5, 0.6) is 0 Å². The van der Waals surface area contributed by atoms with E-state index in [0.717, 1.165) is 0 Å². The molecule has 0 aliphatic heterocycles. The van der Waals surface area contributed by atoms with E-state index in [9.17, 15) is 4.79 Å². The van der Waals surface area contributed by atoms with E-state index in [1.54, 1.807) is 13.1 Å². The van der Waals surface area contributed by atoms with Crippen molar-refractivity contribution in [1.29, 1.82) is 0 Å². The zero-order chi connectivity index (χ0) is 9.19. The smallest absolute Gasteiger partial charge is 0.330 e. The highest BCUT2D eigenvalue weighted by molar-refractivity contribution is 5.76. The maximum Gasteiger partial charge on any atom is 0.330 e. The van der Waals surface area contributed by atoms with Crippen LogP contribution in [-0.4, -0.2) is 27.2 Å². The highest BCUT2D eigenvalue weighted by Crippen LogP contribution is 2.13. The summed E-state index contributed by atoms with van der Waals surface area (Å²) in [7, 11) is 0. The largest absolute Gasteiger partial charge is 0.479 e. The molecule has 0 radical (unpaired) electrons. The number of imidazole rings is 1. The maximum atomic E-state index is 10.8. The molecule has 1 rings (SSSR count). The lowest BCUT2D eigenvalue weighted by Crippen LogP contribution is -2.44. The summed E-state index contributed by atoms with van der Waals surface area (Å²) in [4.78, 5) is 14.6. The molecule has 1 atom stereocenters. The minimum Gasteiger partial charge on any atom is -0.479 e. The van der Waals surface area contributed by atoms with Crippen LogP contribution in [0.1, 0.15) is 6.92 Å². The standard InChI is InChI=1S/C7H11N3O2/c1-7(4-8,6(11)12)10-3-2-9-5-10/h2-3,5H,4,8H2,1H3,(H,11,12). The molecule has 0 fully saturated rings. The van der Waals surface area contributed by atoms with Crippen molar-refractivity contribution in [2.24, 2.45) is 5.73 Å². The molecule has 5 heteroatoms. The van der Waals surface area contributed by atoms with Gasteiger partial charge in [0.15, 0.2) is 5.54 Å². The van der Waals surface area contributed by atoms with Crippen molar-refractivity contribution in [3.05, 3.63) is 18.7 Å². The highest BCUT2D eigenvalue weighted by Gasteiger charge is 2.32. The van der Waals surface area contributed by atoms with E-state index < -0.39 is 11.5 Å². The molecule has 3 N–H and O–H groups in total. The molecule has 5 nitrogen and oxygen atoms in total. The van der Waals surface area contributed by atoms with Gasteiger partial charge in [-0.1, -0.05) is 0 Å². The number of carboxylic acids is 1. The molecule has 1 heterocycles. The Hall–Kier alpha value is -1.36. The van der Waals surface area contributed by atoms with Crippen LogP contribution in [0.3, 0.4) is 0 Å². The molecule has 0 spiro atoms. The van der Waals surface area contributed by atoms with Crippen LogP contribution in [0.4, 0.5) is 0 Å². The number of hydrogen-bond donors (Lipinski definition) is 2. The molecule has 0 aromatic carbocycles. The molecule has 1 aromatic heterocycles. The molecule has 0 aliphatic rings. The summed E-state index contributed by atoms with van der Waals surface area (Å²) in [6, 6.07) is 0. The number of nitrogens with zero attached hydrogens (tertiary/aromatic N) is 2. The first-order chi connectivity index (χ1) is 5.61. The van der Waals surface area contributed by atoms with Crippen LogP contribution in [0, 0.1) is 0 Å². The molecule has 0 aliphatic carbocycles. The van der Waals surface area contributed by atoms with Crippen LogP contribution in [0.15, 0.2) is 18.7 Å². The van der Waals surface area contributed by atoms with E-state index in [2.05, 4.69) is 4.98 Å². The van der Waals surface area contributed by atoms with E-state index >= 15 is 0 Å². The maximum absolute atomic E-state index is 10.8. The van der Waals surface area contributed by atoms with Gasteiger partial charge in [0.2, 0.25) is 0 Å². The van der Waals surface area contributed by atoms with Crippen molar-refractivity contribution in [1.82, 2.24) is 9.55 Å². The Morgan fingerprint density at radius 2 is 2.50 bits per heavy atom. The van der Waals surface area contributed by atoms with Gasteiger partial charge in [0, 0.05) is 18.9 Å². The number of aromatic nitrogens is 2. The summed E-state index contributed by atoms with van der Waals surface area (Å²) in [6.07, 6.45) is 4.55. The number of rotatable bonds is 3. The minimum atomic E-state index is -1.09. The lowest BCUT2D eigenvalue weighted by atomic mass is 10.0. The second-order valence-electron chi connectivity index (χ2n) is 2.75. The number of hydrogen-bond acceptors (Lipinski definition) is 3. The van der Waals surface area contributed by atoms with Crippen molar-refractivity contribution in [3.63, 3.8) is 0 Å². The lowest BCUT2D eigenvalue weighted by Gasteiger charge is -2.23. The lowest BCUT2D eigenvalue weighted by molar-refractivity contribution is -0.146. The number of aliphatic carboxylic acids is 1. The molecule has 0 amide bonds. The van der Waals surface area contributed by atoms with Crippen molar-refractivity contribution in [3.8, 4) is 0 Å². The summed E-state index contributed by atoms with van der Waals surface area (Å²) in [5.74, 6) is -0.956. The number of carboxylic acid groups (broad SMARTS) is 1. The molecule has 1 unspecified atom stereocenters. The zero-order valence-corrected chi connectivity index (χ0v) is 6.77. The third-order valence-corrected chi connectivity index (χ3v) is 1.93. The Bertz CT molecular complexity index is 270. The van der Waals surface area contributed by atoms with Crippen LogP contribution in [-0.2, 0) is 10.3 Å². The fourth-order valence-corrected chi connectivity index (χ4v) is 0.854. The Morgan fingerprint density at radius 1 is 1.83 bits per heavy atom. The van der Waals surface area contributed by atoms with Gasteiger partial charge in [-0.3, -0.25) is 0 Å². The summed E-state index contributed by atoms with van der Waals surface area (Å²) < 4.78 is 1.48. The van der Waals surface area contributed by atoms with Gasteiger partial charge in [0.05, 0.1) is 6.33 Å². The predicted octanol–water partition coefficient (Wildman–Crippen LogP) is -0.358. The van der Waals surface area contributed by atoms with Crippen LogP contribution in [0.2, 0.25) is 0 Å². The monoisotopic (exact) mass is 169 g/mol. The Kier molecular flexibility index (Phi) is 2.14. The van der Waals surface area contributed by atoms with Crippen LogP contribution < -0.4 is 5.73 Å². The number of carbonyl (C=O) groups is 1. The SMILES string of the molecule is CC(CN)(C(=O)O)n1ccnc1. The second-order valence-corrected chi connectivity index (χ2v) is 2.75. The molecule has 12 heavy (non-hydrogen) atoms. The highest BCUT2D eigenvalue weighted by atomic mass is 16.4. The summed E-state index contributed by atoms with van der Waals surface area (Å²) in [5.41, 5.74) is 4.28. The van der Waals surface area contributed by atoms with E-state index in [-0.39, 0.29) is 6.54 Å². The van der Waals surface area contributed by atoms with Gasteiger partial charge < -0.3 is 15.4 Å². The fourth-order valence-electron chi connectivity index (χ4n) is 0.854. The number of nitrogens with two attached hydrogens (primary N) is 1. The molecule has 0 saturated heterocycles. The molecule has 0 bridgehead atoms. The first-order valence-corrected chi connectivity index (χ1v) is 3.53. The first kappa shape index (κ1) is 8.73. The first-order valence-electron chi connectivity index (χ1n) is 3.53. The van der Waals surface area contributed by atoms with Crippen molar-refractivity contribution in [2.75, 3.05) is 6.54 Å². The van der Waals surface area contributed by atoms with Gasteiger partial charge in [-0.2, -0.15) is 0 Å². The van der Waals surface area contributed by atoms with E-state index in [1.807, 2.05) is 0 Å². The van der Waals surface area contributed by atoms with E-state index in [0.29, 0.717) is 0 Å². The van der Waals surface area contributed by atoms with Gasteiger partial charge in [0.25, 0.3) is 0 Å². The van der Waals surface area contributed by atoms with Gasteiger partial charge in [-0.05, 0) is 6.92 Å². The normalized spacial score (nSPS) is 15.5. The van der Waals surface area contributed by atoms with E-state index in [4.69, 9.17) is 10.8 Å². The summed E-state index contributed by atoms with van der Waals surface area (Å²) >= 11 is 0. The Balaban J connectivity index is 3.04. The van der Waals surface area contributed by atoms with Crippen LogP contribution in [0.25, 0.3) is 0 Å².